The van der Waals surface area contributed by atoms with Gasteiger partial charge in [0.15, 0.2) is 0 Å². The number of amides is 1. The second-order valence-electron chi connectivity index (χ2n) is 8.53. The number of hydrogen-bond acceptors (Lipinski definition) is 4. The van der Waals surface area contributed by atoms with Gasteiger partial charge in [-0.15, -0.1) is 0 Å². The summed E-state index contributed by atoms with van der Waals surface area (Å²) >= 11 is 1.58. The maximum Gasteiger partial charge on any atom is 0.288 e. The third kappa shape index (κ3) is 9.12. The molecule has 1 aromatic rings. The van der Waals surface area contributed by atoms with E-state index >= 15 is 0 Å². The van der Waals surface area contributed by atoms with Gasteiger partial charge in [0.05, 0.1) is 18.4 Å². The van der Waals surface area contributed by atoms with E-state index in [1.54, 1.807) is 17.8 Å². The summed E-state index contributed by atoms with van der Waals surface area (Å²) in [6.07, 6.45) is 10.4. The van der Waals surface area contributed by atoms with Crippen molar-refractivity contribution < 1.29 is 18.3 Å². The summed E-state index contributed by atoms with van der Waals surface area (Å²) in [4.78, 5) is 14.9. The number of carbonyl (C=O) groups is 1. The zero-order valence-electron chi connectivity index (χ0n) is 22.9. The molecule has 1 unspecified atom stereocenters. The van der Waals surface area contributed by atoms with Crippen LogP contribution in [0, 0.1) is 0 Å². The monoisotopic (exact) mass is 521 g/mol. The number of halogens is 2. The number of aryl methyl sites for hydroxylation is 1. The minimum atomic E-state index is -3.12. The van der Waals surface area contributed by atoms with Crippen molar-refractivity contribution in [3.05, 3.63) is 75.1 Å². The molecule has 0 saturated heterocycles. The normalized spacial score (nSPS) is 14.9. The predicted octanol–water partition coefficient (Wildman–Crippen LogP) is 7.80. The Kier molecular flexibility index (Phi) is 12.9. The first-order valence-corrected chi connectivity index (χ1v) is 13.2. The van der Waals surface area contributed by atoms with Crippen LogP contribution in [0.5, 0.6) is 0 Å². The van der Waals surface area contributed by atoms with Gasteiger partial charge < -0.3 is 10.1 Å². The molecule has 0 aliphatic carbocycles. The first-order valence-electron chi connectivity index (χ1n) is 12.4. The lowest BCUT2D eigenvalue weighted by Crippen LogP contribution is -2.34. The van der Waals surface area contributed by atoms with E-state index in [9.17, 15) is 13.6 Å². The van der Waals surface area contributed by atoms with Crippen molar-refractivity contribution in [3.63, 3.8) is 0 Å². The SMILES string of the molecule is C=C/C=C(\C=C(/CCC)OCC)C(S/C(=C\C)C(C)NC(=O)c1cc(C(C)(F)F)nn1C)=C(C)CC. The first-order chi connectivity index (χ1) is 16.9. The molecule has 1 rings (SSSR count). The fourth-order valence-electron chi connectivity index (χ4n) is 3.41. The lowest BCUT2D eigenvalue weighted by atomic mass is 10.1. The topological polar surface area (TPSA) is 56.1 Å². The zero-order chi connectivity index (χ0) is 27.5. The lowest BCUT2D eigenvalue weighted by Gasteiger charge is -2.21. The number of ether oxygens (including phenoxy) is 1. The average Bonchev–Trinajstić information content (AvgIpc) is 3.21. The van der Waals surface area contributed by atoms with Crippen LogP contribution < -0.4 is 5.32 Å². The molecule has 1 amide bonds. The summed E-state index contributed by atoms with van der Waals surface area (Å²) in [5.41, 5.74) is 1.83. The van der Waals surface area contributed by atoms with Crippen molar-refractivity contribution in [2.45, 2.75) is 79.7 Å². The second-order valence-corrected chi connectivity index (χ2v) is 9.61. The minimum absolute atomic E-state index is 0.0791. The Morgan fingerprint density at radius 2 is 2.03 bits per heavy atom. The van der Waals surface area contributed by atoms with E-state index in [1.165, 1.54) is 17.3 Å². The van der Waals surface area contributed by atoms with E-state index in [2.05, 4.69) is 43.8 Å². The Morgan fingerprint density at radius 1 is 1.36 bits per heavy atom. The number of allylic oxidation sites excluding steroid dienone is 7. The quantitative estimate of drug-likeness (QED) is 0.200. The number of alkyl halides is 2. The molecule has 0 aliphatic heterocycles. The molecule has 8 heteroatoms. The van der Waals surface area contributed by atoms with Gasteiger partial charge in [-0.1, -0.05) is 56.0 Å². The zero-order valence-corrected chi connectivity index (χ0v) is 23.7. The van der Waals surface area contributed by atoms with E-state index < -0.39 is 17.5 Å². The molecule has 0 aliphatic rings. The first kappa shape index (κ1) is 31.4. The summed E-state index contributed by atoms with van der Waals surface area (Å²) in [7, 11) is 1.48. The van der Waals surface area contributed by atoms with Crippen LogP contribution in [-0.2, 0) is 17.7 Å². The van der Waals surface area contributed by atoms with E-state index in [4.69, 9.17) is 4.74 Å². The molecule has 1 aromatic heterocycles. The van der Waals surface area contributed by atoms with Crippen LogP contribution in [0.2, 0.25) is 0 Å². The maximum absolute atomic E-state index is 13.7. The van der Waals surface area contributed by atoms with Crippen molar-refractivity contribution >= 4 is 17.7 Å². The molecule has 5 nitrogen and oxygen atoms in total. The fourth-order valence-corrected chi connectivity index (χ4v) is 4.56. The van der Waals surface area contributed by atoms with Crippen LogP contribution in [-0.4, -0.2) is 28.3 Å². The van der Waals surface area contributed by atoms with Gasteiger partial charge in [0, 0.05) is 30.2 Å². The number of nitrogens with one attached hydrogen (secondary N) is 1. The molecule has 0 aromatic carbocycles. The lowest BCUT2D eigenvalue weighted by molar-refractivity contribution is 0.0122. The fraction of sp³-hybridized carbons (Fsp3) is 0.500. The van der Waals surface area contributed by atoms with E-state index in [0.29, 0.717) is 6.61 Å². The van der Waals surface area contributed by atoms with Gasteiger partial charge in [-0.05, 0) is 58.3 Å². The third-order valence-corrected chi connectivity index (χ3v) is 7.07. The van der Waals surface area contributed by atoms with Crippen LogP contribution in [0.3, 0.4) is 0 Å². The molecule has 200 valence electrons. The maximum atomic E-state index is 13.7. The van der Waals surface area contributed by atoms with Crippen LogP contribution in [0.1, 0.15) is 83.9 Å². The summed E-state index contributed by atoms with van der Waals surface area (Å²) < 4.78 is 34.4. The van der Waals surface area contributed by atoms with Crippen LogP contribution in [0.15, 0.2) is 63.7 Å². The molecular formula is C28H41F2N3O2S. The smallest absolute Gasteiger partial charge is 0.288 e. The van der Waals surface area contributed by atoms with Gasteiger partial charge in [0.25, 0.3) is 11.8 Å². The summed E-state index contributed by atoms with van der Waals surface area (Å²) in [6.45, 7) is 17.3. The van der Waals surface area contributed by atoms with Gasteiger partial charge in [-0.2, -0.15) is 13.9 Å². The molecule has 1 atom stereocenters. The highest BCUT2D eigenvalue weighted by molar-refractivity contribution is 8.07. The molecule has 0 saturated carbocycles. The molecule has 1 heterocycles. The number of nitrogens with zero attached hydrogens (tertiary/aromatic N) is 2. The Hall–Kier alpha value is -2.61. The molecule has 0 spiro atoms. The van der Waals surface area contributed by atoms with Gasteiger partial charge in [-0.25, -0.2) is 0 Å². The molecule has 0 bridgehead atoms. The Labute approximate surface area is 219 Å². The van der Waals surface area contributed by atoms with E-state index in [-0.39, 0.29) is 11.7 Å². The Morgan fingerprint density at radius 3 is 2.50 bits per heavy atom. The third-order valence-electron chi connectivity index (χ3n) is 5.46. The van der Waals surface area contributed by atoms with E-state index in [1.807, 2.05) is 32.9 Å². The highest BCUT2D eigenvalue weighted by Gasteiger charge is 2.30. The number of hydrogen-bond donors (Lipinski definition) is 1. The van der Waals surface area contributed by atoms with Crippen LogP contribution >= 0.6 is 11.8 Å². The number of thioether (sulfide) groups is 1. The minimum Gasteiger partial charge on any atom is -0.498 e. The molecule has 1 N–H and O–H groups in total. The van der Waals surface area contributed by atoms with Crippen molar-refractivity contribution in [1.29, 1.82) is 0 Å². The average molecular weight is 522 g/mol. The van der Waals surface area contributed by atoms with Gasteiger partial charge in [0.1, 0.15) is 11.4 Å². The number of rotatable bonds is 14. The van der Waals surface area contributed by atoms with E-state index in [0.717, 1.165) is 53.4 Å². The largest absolute Gasteiger partial charge is 0.498 e. The van der Waals surface area contributed by atoms with Crippen molar-refractivity contribution in [3.8, 4) is 0 Å². The Balaban J connectivity index is 3.27. The van der Waals surface area contributed by atoms with Crippen molar-refractivity contribution in [2.75, 3.05) is 6.61 Å². The van der Waals surface area contributed by atoms with Crippen LogP contribution in [0.4, 0.5) is 8.78 Å². The molecule has 36 heavy (non-hydrogen) atoms. The van der Waals surface area contributed by atoms with Gasteiger partial charge in [0.2, 0.25) is 0 Å². The van der Waals surface area contributed by atoms with Crippen LogP contribution in [0.25, 0.3) is 0 Å². The van der Waals surface area contributed by atoms with Gasteiger partial charge in [-0.3, -0.25) is 9.48 Å². The summed E-state index contributed by atoms with van der Waals surface area (Å²) in [5.74, 6) is -2.67. The summed E-state index contributed by atoms with van der Waals surface area (Å²) in [6, 6.07) is 0.777. The highest BCUT2D eigenvalue weighted by Crippen LogP contribution is 2.37. The molecule has 0 fully saturated rings. The van der Waals surface area contributed by atoms with Crippen molar-refractivity contribution in [2.24, 2.45) is 7.05 Å². The predicted molar refractivity (Wildman–Crippen MR) is 147 cm³/mol. The van der Waals surface area contributed by atoms with Gasteiger partial charge >= 0.3 is 0 Å². The molecule has 0 radical (unpaired) electrons. The standard InChI is InChI=1S/C28H41F2N3O2S/c1-10-15-21(17-22(16-11-2)35-14-5)26(19(6)12-3)36-24(13-4)20(7)31-27(34)23-18-25(28(8,29)30)32-33(23)9/h10,13,15,17-18,20H,1,11-12,14,16H2,2-9H3,(H,31,34)/b21-15+,22-17+,24-13-,26-19?. The highest BCUT2D eigenvalue weighted by atomic mass is 32.2. The number of carbonyl (C=O) groups excluding carboxylic acids is 1. The number of aromatic nitrogens is 2. The second kappa shape index (κ2) is 14.8. The summed E-state index contributed by atoms with van der Waals surface area (Å²) in [5, 5.41) is 6.73. The van der Waals surface area contributed by atoms with Crippen molar-refractivity contribution in [1.82, 2.24) is 15.1 Å². The molecular weight excluding hydrogens is 480 g/mol. The Bertz CT molecular complexity index is 1020.